The van der Waals surface area contributed by atoms with Gasteiger partial charge in [-0.05, 0) is 17.7 Å². The van der Waals surface area contributed by atoms with Crippen LogP contribution in [0.2, 0.25) is 0 Å². The summed E-state index contributed by atoms with van der Waals surface area (Å²) in [6, 6.07) is 3.62. The summed E-state index contributed by atoms with van der Waals surface area (Å²) in [5.41, 5.74) is -0.742. The van der Waals surface area contributed by atoms with Crippen molar-refractivity contribution in [3.63, 3.8) is 0 Å². The number of carboxylic acid groups (broad SMARTS) is 1. The summed E-state index contributed by atoms with van der Waals surface area (Å²) in [4.78, 5) is 12.0. The largest absolute Gasteiger partial charge is 0.481 e. The molecule has 0 heterocycles. The zero-order valence-electron chi connectivity index (χ0n) is 9.38. The number of rotatable bonds is 3. The van der Waals surface area contributed by atoms with E-state index in [0.717, 1.165) is 6.07 Å². The van der Waals surface area contributed by atoms with E-state index in [-0.39, 0.29) is 5.56 Å². The van der Waals surface area contributed by atoms with Crippen molar-refractivity contribution in [2.45, 2.75) is 12.6 Å². The van der Waals surface area contributed by atoms with Crippen LogP contribution in [0.15, 0.2) is 18.2 Å². The first-order chi connectivity index (χ1) is 7.71. The third kappa shape index (κ3) is 3.37. The highest BCUT2D eigenvalue weighted by Crippen LogP contribution is 2.34. The first kappa shape index (κ1) is 13.3. The molecule has 6 heteroatoms. The van der Waals surface area contributed by atoms with Crippen molar-refractivity contribution in [1.29, 1.82) is 0 Å². The van der Waals surface area contributed by atoms with Crippen LogP contribution < -0.4 is 4.90 Å². The predicted molar refractivity (Wildman–Crippen MR) is 57.1 cm³/mol. The van der Waals surface area contributed by atoms with Gasteiger partial charge >= 0.3 is 12.1 Å². The molecule has 0 aromatic heterocycles. The second-order valence-corrected chi connectivity index (χ2v) is 3.80. The van der Waals surface area contributed by atoms with Gasteiger partial charge in [-0.25, -0.2) is 0 Å². The lowest BCUT2D eigenvalue weighted by Gasteiger charge is -2.17. The fourth-order valence-electron chi connectivity index (χ4n) is 1.42. The number of nitrogens with zero attached hydrogens (tertiary/aromatic N) is 1. The van der Waals surface area contributed by atoms with E-state index >= 15 is 0 Å². The second-order valence-electron chi connectivity index (χ2n) is 3.80. The molecule has 17 heavy (non-hydrogen) atoms. The van der Waals surface area contributed by atoms with Gasteiger partial charge in [0.1, 0.15) is 0 Å². The maximum absolute atomic E-state index is 12.7. The van der Waals surface area contributed by atoms with E-state index in [4.69, 9.17) is 5.11 Å². The van der Waals surface area contributed by atoms with Crippen LogP contribution in [0.1, 0.15) is 11.1 Å². The van der Waals surface area contributed by atoms with Gasteiger partial charge in [0.15, 0.2) is 0 Å². The second kappa shape index (κ2) is 4.65. The average molecular weight is 247 g/mol. The van der Waals surface area contributed by atoms with Crippen molar-refractivity contribution in [1.82, 2.24) is 0 Å². The van der Waals surface area contributed by atoms with E-state index in [0.29, 0.717) is 5.69 Å². The molecule has 0 saturated carbocycles. The zero-order valence-corrected chi connectivity index (χ0v) is 9.38. The average Bonchev–Trinajstić information content (AvgIpc) is 2.15. The number of benzene rings is 1. The maximum Gasteiger partial charge on any atom is 0.416 e. The Balaban J connectivity index is 3.27. The van der Waals surface area contributed by atoms with Crippen LogP contribution in [0, 0.1) is 0 Å². The molecule has 1 rings (SSSR count). The summed E-state index contributed by atoms with van der Waals surface area (Å²) < 4.78 is 38.2. The number of hydrogen-bond acceptors (Lipinski definition) is 2. The zero-order chi connectivity index (χ0) is 13.2. The summed E-state index contributed by atoms with van der Waals surface area (Å²) in [6.45, 7) is 0. The van der Waals surface area contributed by atoms with Crippen LogP contribution in [0.4, 0.5) is 18.9 Å². The number of carbonyl (C=O) groups is 1. The highest BCUT2D eigenvalue weighted by molar-refractivity contribution is 5.71. The van der Waals surface area contributed by atoms with Gasteiger partial charge in [0.2, 0.25) is 0 Å². The van der Waals surface area contributed by atoms with Gasteiger partial charge in [0, 0.05) is 19.8 Å². The lowest BCUT2D eigenvalue weighted by molar-refractivity contribution is -0.139. The Morgan fingerprint density at radius 1 is 1.35 bits per heavy atom. The van der Waals surface area contributed by atoms with Crippen LogP contribution >= 0.6 is 0 Å². The van der Waals surface area contributed by atoms with E-state index < -0.39 is 24.1 Å². The molecule has 0 aliphatic heterocycles. The monoisotopic (exact) mass is 247 g/mol. The molecule has 0 radical (unpaired) electrons. The Morgan fingerprint density at radius 2 is 1.94 bits per heavy atom. The highest BCUT2D eigenvalue weighted by Gasteiger charge is 2.34. The number of aliphatic carboxylic acids is 1. The molecule has 0 saturated heterocycles. The van der Waals surface area contributed by atoms with Crippen molar-refractivity contribution in [3.05, 3.63) is 29.3 Å². The maximum atomic E-state index is 12.7. The molecule has 1 aromatic rings. The van der Waals surface area contributed by atoms with Crippen molar-refractivity contribution in [2.24, 2.45) is 0 Å². The first-order valence-electron chi connectivity index (χ1n) is 4.81. The summed E-state index contributed by atoms with van der Waals surface area (Å²) in [5.74, 6) is -1.28. The summed E-state index contributed by atoms with van der Waals surface area (Å²) in [6.07, 6.45) is -5.18. The molecule has 0 aliphatic rings. The van der Waals surface area contributed by atoms with Gasteiger partial charge in [-0.1, -0.05) is 6.07 Å². The van der Waals surface area contributed by atoms with Gasteiger partial charge < -0.3 is 10.0 Å². The van der Waals surface area contributed by atoms with Gasteiger partial charge in [0.25, 0.3) is 0 Å². The summed E-state index contributed by atoms with van der Waals surface area (Å²) >= 11 is 0. The molecule has 0 amide bonds. The normalized spacial score (nSPS) is 11.4. The predicted octanol–water partition coefficient (Wildman–Crippen LogP) is 2.40. The van der Waals surface area contributed by atoms with E-state index in [2.05, 4.69) is 0 Å². The summed E-state index contributed by atoms with van der Waals surface area (Å²) in [5, 5.41) is 8.56. The molecule has 1 aromatic carbocycles. The quantitative estimate of drug-likeness (QED) is 0.891. The molecule has 94 valence electrons. The summed E-state index contributed by atoms with van der Waals surface area (Å²) in [7, 11) is 3.23. The topological polar surface area (TPSA) is 40.5 Å². The van der Waals surface area contributed by atoms with Crippen molar-refractivity contribution in [3.8, 4) is 0 Å². The van der Waals surface area contributed by atoms with Crippen LogP contribution in [0.5, 0.6) is 0 Å². The van der Waals surface area contributed by atoms with Gasteiger partial charge in [0.05, 0.1) is 12.0 Å². The van der Waals surface area contributed by atoms with Gasteiger partial charge in [-0.15, -0.1) is 0 Å². The van der Waals surface area contributed by atoms with Crippen LogP contribution in [-0.4, -0.2) is 25.2 Å². The van der Waals surface area contributed by atoms with E-state index in [1.807, 2.05) is 0 Å². The van der Waals surface area contributed by atoms with E-state index in [1.54, 1.807) is 14.1 Å². The number of halogens is 3. The number of anilines is 1. The van der Waals surface area contributed by atoms with Crippen molar-refractivity contribution < 1.29 is 23.1 Å². The van der Waals surface area contributed by atoms with E-state index in [9.17, 15) is 18.0 Å². The highest BCUT2D eigenvalue weighted by atomic mass is 19.4. The smallest absolute Gasteiger partial charge is 0.416 e. The SMILES string of the molecule is CN(C)c1ccc(CC(=O)O)c(C(F)(F)F)c1. The molecule has 0 bridgehead atoms. The first-order valence-corrected chi connectivity index (χ1v) is 4.81. The van der Waals surface area contributed by atoms with Crippen LogP contribution in [-0.2, 0) is 17.4 Å². The fraction of sp³-hybridized carbons (Fsp3) is 0.364. The standard InChI is InChI=1S/C11H12F3NO2/c1-15(2)8-4-3-7(5-10(16)17)9(6-8)11(12,13)14/h3-4,6H,5H2,1-2H3,(H,16,17). The Kier molecular flexibility index (Phi) is 3.65. The molecule has 0 atom stereocenters. The fourth-order valence-corrected chi connectivity index (χ4v) is 1.42. The molecular formula is C11H12F3NO2. The van der Waals surface area contributed by atoms with Crippen LogP contribution in [0.3, 0.4) is 0 Å². The minimum absolute atomic E-state index is 0.226. The Labute approximate surface area is 96.5 Å². The van der Waals surface area contributed by atoms with Gasteiger partial charge in [-0.3, -0.25) is 4.79 Å². The molecule has 0 fully saturated rings. The van der Waals surface area contributed by atoms with Crippen molar-refractivity contribution >= 4 is 11.7 Å². The third-order valence-corrected chi connectivity index (χ3v) is 2.26. The van der Waals surface area contributed by atoms with Crippen molar-refractivity contribution in [2.75, 3.05) is 19.0 Å². The number of hydrogen-bond donors (Lipinski definition) is 1. The molecule has 3 nitrogen and oxygen atoms in total. The third-order valence-electron chi connectivity index (χ3n) is 2.26. The molecule has 0 spiro atoms. The van der Waals surface area contributed by atoms with Gasteiger partial charge in [-0.2, -0.15) is 13.2 Å². The lowest BCUT2D eigenvalue weighted by Crippen LogP contribution is -2.15. The number of alkyl halides is 3. The molecule has 0 aliphatic carbocycles. The molecule has 0 unspecified atom stereocenters. The van der Waals surface area contributed by atoms with E-state index in [1.165, 1.54) is 17.0 Å². The molecule has 1 N–H and O–H groups in total. The Morgan fingerprint density at radius 3 is 2.35 bits per heavy atom. The van der Waals surface area contributed by atoms with Crippen LogP contribution in [0.25, 0.3) is 0 Å². The Bertz CT molecular complexity index is 427. The lowest BCUT2D eigenvalue weighted by atomic mass is 10.0. The Hall–Kier alpha value is -1.72. The minimum Gasteiger partial charge on any atom is -0.481 e. The number of carboxylic acids is 1. The molecular weight excluding hydrogens is 235 g/mol. The minimum atomic E-state index is -4.54.